The molecule has 0 aromatic carbocycles. The molecule has 1 aliphatic rings. The summed E-state index contributed by atoms with van der Waals surface area (Å²) in [5.74, 6) is -3.04. The Bertz CT molecular complexity index is 287. The molecule has 78 valence electrons. The van der Waals surface area contributed by atoms with Gasteiger partial charge in [-0.3, -0.25) is 14.4 Å². The molecule has 0 saturated carbocycles. The average Bonchev–Trinajstić information content (AvgIpc) is 2.13. The second kappa shape index (κ2) is 3.40. The smallest absolute Gasteiger partial charge is 0.325 e. The Hall–Kier alpha value is -1.39. The van der Waals surface area contributed by atoms with Gasteiger partial charge >= 0.3 is 5.97 Å². The summed E-state index contributed by atoms with van der Waals surface area (Å²) < 4.78 is 4.40. The second-order valence-electron chi connectivity index (χ2n) is 3.92. The van der Waals surface area contributed by atoms with Gasteiger partial charge in [0, 0.05) is 12.0 Å². The Labute approximate surface area is 81.8 Å². The van der Waals surface area contributed by atoms with Crippen LogP contribution in [0.15, 0.2) is 0 Å². The first kappa shape index (κ1) is 10.7. The molecule has 1 amide bonds. The van der Waals surface area contributed by atoms with Gasteiger partial charge in [-0.2, -0.15) is 0 Å². The number of methoxy groups -OCH3 is 1. The van der Waals surface area contributed by atoms with Gasteiger partial charge in [-0.05, 0) is 0 Å². The summed E-state index contributed by atoms with van der Waals surface area (Å²) in [6, 6.07) is 0. The number of nitrogens with one attached hydrogen (secondary N) is 1. The highest BCUT2D eigenvalue weighted by atomic mass is 16.5. The van der Waals surface area contributed by atoms with Gasteiger partial charge in [0.15, 0.2) is 11.7 Å². The Kier molecular flexibility index (Phi) is 2.59. The molecule has 5 heteroatoms. The van der Waals surface area contributed by atoms with E-state index in [1.165, 1.54) is 0 Å². The Morgan fingerprint density at radius 1 is 1.50 bits per heavy atom. The van der Waals surface area contributed by atoms with E-state index >= 15 is 0 Å². The van der Waals surface area contributed by atoms with E-state index in [0.717, 1.165) is 7.11 Å². The van der Waals surface area contributed by atoms with Gasteiger partial charge in [-0.25, -0.2) is 0 Å². The third-order valence-corrected chi connectivity index (χ3v) is 2.33. The first-order chi connectivity index (χ1) is 6.40. The third kappa shape index (κ3) is 1.62. The fourth-order valence-electron chi connectivity index (χ4n) is 1.34. The zero-order valence-corrected chi connectivity index (χ0v) is 8.42. The summed E-state index contributed by atoms with van der Waals surface area (Å²) in [6.07, 6.45) is 0. The maximum absolute atomic E-state index is 11.7. The fourth-order valence-corrected chi connectivity index (χ4v) is 1.34. The van der Waals surface area contributed by atoms with Crippen LogP contribution < -0.4 is 5.32 Å². The third-order valence-electron chi connectivity index (χ3n) is 2.33. The summed E-state index contributed by atoms with van der Waals surface area (Å²) in [5, 5.41) is 2.51. The Morgan fingerprint density at radius 2 is 2.07 bits per heavy atom. The predicted octanol–water partition coefficient (Wildman–Crippen LogP) is -0.499. The van der Waals surface area contributed by atoms with Crippen molar-refractivity contribution < 1.29 is 19.1 Å². The van der Waals surface area contributed by atoms with E-state index in [4.69, 9.17) is 0 Å². The lowest BCUT2D eigenvalue weighted by atomic mass is 9.78. The molecule has 0 aromatic rings. The maximum Gasteiger partial charge on any atom is 0.325 e. The average molecular weight is 199 g/mol. The summed E-state index contributed by atoms with van der Waals surface area (Å²) in [6.45, 7) is 3.63. The molecule has 1 heterocycles. The van der Waals surface area contributed by atoms with Gasteiger partial charge in [-0.1, -0.05) is 13.8 Å². The molecule has 0 aromatic heterocycles. The summed E-state index contributed by atoms with van der Waals surface area (Å²) in [4.78, 5) is 34.1. The van der Waals surface area contributed by atoms with Gasteiger partial charge in [0.2, 0.25) is 5.91 Å². The van der Waals surface area contributed by atoms with E-state index in [2.05, 4.69) is 10.1 Å². The topological polar surface area (TPSA) is 72.5 Å². The number of carbonyl (C=O) groups excluding carboxylic acids is 3. The Balaban J connectivity index is 2.96. The van der Waals surface area contributed by atoms with Crippen molar-refractivity contribution in [2.45, 2.75) is 13.8 Å². The van der Waals surface area contributed by atoms with Gasteiger partial charge in [0.05, 0.1) is 7.11 Å². The summed E-state index contributed by atoms with van der Waals surface area (Å²) in [5.41, 5.74) is -0.702. The molecule has 1 atom stereocenters. The van der Waals surface area contributed by atoms with Crippen molar-refractivity contribution >= 4 is 17.7 Å². The number of carbonyl (C=O) groups is 3. The number of ether oxygens (including phenoxy) is 1. The van der Waals surface area contributed by atoms with Gasteiger partial charge < -0.3 is 10.1 Å². The molecule has 1 unspecified atom stereocenters. The zero-order valence-electron chi connectivity index (χ0n) is 8.42. The van der Waals surface area contributed by atoms with Crippen molar-refractivity contribution in [3.05, 3.63) is 0 Å². The van der Waals surface area contributed by atoms with Crippen LogP contribution in [-0.2, 0) is 19.1 Å². The van der Waals surface area contributed by atoms with Crippen LogP contribution in [0.5, 0.6) is 0 Å². The molecule has 0 aliphatic carbocycles. The number of hydrogen-bond acceptors (Lipinski definition) is 4. The highest BCUT2D eigenvalue weighted by Gasteiger charge is 2.46. The molecule has 1 aliphatic heterocycles. The highest BCUT2D eigenvalue weighted by molar-refractivity contribution is 6.19. The van der Waals surface area contributed by atoms with Gasteiger partial charge in [-0.15, -0.1) is 0 Å². The number of ketones is 1. The maximum atomic E-state index is 11.7. The quantitative estimate of drug-likeness (QED) is 0.456. The van der Waals surface area contributed by atoms with Crippen LogP contribution >= 0.6 is 0 Å². The van der Waals surface area contributed by atoms with E-state index in [1.807, 2.05) is 0 Å². The van der Waals surface area contributed by atoms with Crippen molar-refractivity contribution in [3.8, 4) is 0 Å². The second-order valence-corrected chi connectivity index (χ2v) is 3.92. The minimum absolute atomic E-state index is 0.262. The lowest BCUT2D eigenvalue weighted by molar-refractivity contribution is -0.158. The normalized spacial score (nSPS) is 25.5. The molecular formula is C9H13NO4. The van der Waals surface area contributed by atoms with Crippen molar-refractivity contribution in [1.82, 2.24) is 5.32 Å². The lowest BCUT2D eigenvalue weighted by Crippen LogP contribution is -2.55. The van der Waals surface area contributed by atoms with Crippen LogP contribution in [0.1, 0.15) is 13.8 Å². The molecule has 14 heavy (non-hydrogen) atoms. The first-order valence-electron chi connectivity index (χ1n) is 4.30. The van der Waals surface area contributed by atoms with E-state index < -0.39 is 23.2 Å². The van der Waals surface area contributed by atoms with Crippen LogP contribution in [0.25, 0.3) is 0 Å². The van der Waals surface area contributed by atoms with Gasteiger partial charge in [0.1, 0.15) is 0 Å². The van der Waals surface area contributed by atoms with Crippen LogP contribution in [0, 0.1) is 11.3 Å². The van der Waals surface area contributed by atoms with Crippen molar-refractivity contribution in [1.29, 1.82) is 0 Å². The number of amides is 1. The predicted molar refractivity (Wildman–Crippen MR) is 47.3 cm³/mol. The minimum atomic E-state index is -1.30. The number of esters is 1. The molecule has 0 bridgehead atoms. The molecule has 1 rings (SSSR count). The molecule has 0 radical (unpaired) electrons. The SMILES string of the molecule is COC(=O)C1C(=O)NCC(C)(C)C1=O. The van der Waals surface area contributed by atoms with Crippen LogP contribution in [0.4, 0.5) is 0 Å². The molecule has 1 N–H and O–H groups in total. The number of rotatable bonds is 1. The number of piperidine rings is 1. The van der Waals surface area contributed by atoms with Crippen molar-refractivity contribution in [3.63, 3.8) is 0 Å². The van der Waals surface area contributed by atoms with Crippen LogP contribution in [-0.4, -0.2) is 31.3 Å². The van der Waals surface area contributed by atoms with Crippen LogP contribution in [0.2, 0.25) is 0 Å². The minimum Gasteiger partial charge on any atom is -0.468 e. The monoisotopic (exact) mass is 199 g/mol. The van der Waals surface area contributed by atoms with E-state index in [-0.39, 0.29) is 12.3 Å². The highest BCUT2D eigenvalue weighted by Crippen LogP contribution is 2.25. The molecule has 5 nitrogen and oxygen atoms in total. The summed E-state index contributed by atoms with van der Waals surface area (Å²) in [7, 11) is 1.16. The lowest BCUT2D eigenvalue weighted by Gasteiger charge is -2.31. The molecule has 1 fully saturated rings. The number of hydrogen-bond donors (Lipinski definition) is 1. The van der Waals surface area contributed by atoms with E-state index in [0.29, 0.717) is 0 Å². The first-order valence-corrected chi connectivity index (χ1v) is 4.30. The Morgan fingerprint density at radius 3 is 2.57 bits per heavy atom. The molecular weight excluding hydrogens is 186 g/mol. The standard InChI is InChI=1S/C9H13NO4/c1-9(2)4-10-7(12)5(6(9)11)8(13)14-3/h5H,4H2,1-3H3,(H,10,12). The van der Waals surface area contributed by atoms with E-state index in [9.17, 15) is 14.4 Å². The van der Waals surface area contributed by atoms with Gasteiger partial charge in [0.25, 0.3) is 0 Å². The van der Waals surface area contributed by atoms with Crippen molar-refractivity contribution in [2.24, 2.45) is 11.3 Å². The largest absolute Gasteiger partial charge is 0.468 e. The number of Topliss-reactive ketones (excluding diaryl/α,β-unsaturated/α-hetero) is 1. The van der Waals surface area contributed by atoms with Crippen molar-refractivity contribution in [2.75, 3.05) is 13.7 Å². The van der Waals surface area contributed by atoms with Crippen LogP contribution in [0.3, 0.4) is 0 Å². The zero-order chi connectivity index (χ0) is 10.9. The summed E-state index contributed by atoms with van der Waals surface area (Å²) >= 11 is 0. The molecule has 0 spiro atoms. The fraction of sp³-hybridized carbons (Fsp3) is 0.667. The molecule has 1 saturated heterocycles. The van der Waals surface area contributed by atoms with E-state index in [1.54, 1.807) is 13.8 Å².